The lowest BCUT2D eigenvalue weighted by Crippen LogP contribution is -2.23. The van der Waals surface area contributed by atoms with Crippen LogP contribution in [0.4, 0.5) is 5.13 Å². The van der Waals surface area contributed by atoms with Crippen molar-refractivity contribution in [3.8, 4) is 11.4 Å². The number of rotatable bonds is 7. The largest absolute Gasteiger partial charge is 0.338 e. The summed E-state index contributed by atoms with van der Waals surface area (Å²) in [6, 6.07) is 6.93. The standard InChI is InChI=1S/C14H13ClN6O4S2/c1-2-10(22)17-13-19-20-14(26-13)27(23,24)16-7-11-18-12(21-25-11)8-5-3-4-6-9(8)15/h3-6,16H,2,7H2,1H3,(H,17,19,22). The predicted octanol–water partition coefficient (Wildman–Crippen LogP) is 2.07. The molecule has 2 heterocycles. The van der Waals surface area contributed by atoms with E-state index in [9.17, 15) is 13.2 Å². The number of aromatic nitrogens is 4. The molecule has 3 aromatic rings. The van der Waals surface area contributed by atoms with Crippen molar-refractivity contribution < 1.29 is 17.7 Å². The second-order valence-corrected chi connectivity index (χ2v) is 8.42. The van der Waals surface area contributed by atoms with Crippen LogP contribution in [0.3, 0.4) is 0 Å². The van der Waals surface area contributed by atoms with Gasteiger partial charge in [0.25, 0.3) is 10.0 Å². The van der Waals surface area contributed by atoms with Gasteiger partial charge in [-0.25, -0.2) is 8.42 Å². The van der Waals surface area contributed by atoms with E-state index in [-0.39, 0.29) is 40.1 Å². The molecule has 2 aromatic heterocycles. The lowest BCUT2D eigenvalue weighted by molar-refractivity contribution is -0.115. The summed E-state index contributed by atoms with van der Waals surface area (Å²) in [5.74, 6) is 0.00816. The molecule has 3 rings (SSSR count). The molecule has 0 atom stereocenters. The quantitative estimate of drug-likeness (QED) is 0.545. The molecule has 0 unspecified atom stereocenters. The summed E-state index contributed by atoms with van der Waals surface area (Å²) in [6.45, 7) is 1.42. The van der Waals surface area contributed by atoms with E-state index in [1.54, 1.807) is 31.2 Å². The maximum absolute atomic E-state index is 12.3. The average molecular weight is 429 g/mol. The number of amides is 1. The number of hydrogen-bond donors (Lipinski definition) is 2. The fourth-order valence-corrected chi connectivity index (χ4v) is 4.03. The number of sulfonamides is 1. The zero-order chi connectivity index (χ0) is 19.4. The summed E-state index contributed by atoms with van der Waals surface area (Å²) >= 11 is 6.80. The van der Waals surface area contributed by atoms with Gasteiger partial charge < -0.3 is 9.84 Å². The lowest BCUT2D eigenvalue weighted by Gasteiger charge is -1.99. The van der Waals surface area contributed by atoms with Gasteiger partial charge in [-0.05, 0) is 12.1 Å². The van der Waals surface area contributed by atoms with E-state index in [2.05, 4.69) is 30.4 Å². The molecule has 142 valence electrons. The average Bonchev–Trinajstić information content (AvgIpc) is 3.30. The van der Waals surface area contributed by atoms with Gasteiger partial charge in [-0.15, -0.1) is 10.2 Å². The van der Waals surface area contributed by atoms with Crippen LogP contribution in [-0.2, 0) is 21.4 Å². The Bertz CT molecular complexity index is 1070. The molecule has 0 aliphatic heterocycles. The van der Waals surface area contributed by atoms with Gasteiger partial charge in [-0.3, -0.25) is 4.79 Å². The number of hydrogen-bond acceptors (Lipinski definition) is 9. The normalized spacial score (nSPS) is 11.5. The van der Waals surface area contributed by atoms with E-state index >= 15 is 0 Å². The van der Waals surface area contributed by atoms with Gasteiger partial charge in [0.05, 0.1) is 11.6 Å². The Kier molecular flexibility index (Phi) is 5.79. The molecule has 27 heavy (non-hydrogen) atoms. The van der Waals surface area contributed by atoms with Crippen LogP contribution in [0, 0.1) is 0 Å². The zero-order valence-electron chi connectivity index (χ0n) is 13.8. The Morgan fingerprint density at radius 3 is 2.81 bits per heavy atom. The topological polar surface area (TPSA) is 140 Å². The van der Waals surface area contributed by atoms with Crippen molar-refractivity contribution in [3.63, 3.8) is 0 Å². The van der Waals surface area contributed by atoms with Gasteiger partial charge in [0.1, 0.15) is 0 Å². The first-order chi connectivity index (χ1) is 12.9. The number of nitrogens with zero attached hydrogens (tertiary/aromatic N) is 4. The van der Waals surface area contributed by atoms with E-state index in [1.807, 2.05) is 0 Å². The molecule has 0 aliphatic rings. The van der Waals surface area contributed by atoms with Crippen LogP contribution in [0.2, 0.25) is 5.02 Å². The molecular formula is C14H13ClN6O4S2. The molecule has 1 aromatic carbocycles. The number of halogens is 1. The second-order valence-electron chi connectivity index (χ2n) is 5.09. The maximum Gasteiger partial charge on any atom is 0.270 e. The van der Waals surface area contributed by atoms with Crippen molar-refractivity contribution in [1.82, 2.24) is 25.1 Å². The van der Waals surface area contributed by atoms with Crippen LogP contribution in [0.15, 0.2) is 33.1 Å². The Hall–Kier alpha value is -2.41. The zero-order valence-corrected chi connectivity index (χ0v) is 16.2. The third kappa shape index (κ3) is 4.66. The number of nitrogens with one attached hydrogen (secondary N) is 2. The summed E-state index contributed by atoms with van der Waals surface area (Å²) in [7, 11) is -3.95. The number of anilines is 1. The molecule has 13 heteroatoms. The highest BCUT2D eigenvalue weighted by atomic mass is 35.5. The van der Waals surface area contributed by atoms with Crippen LogP contribution in [-0.4, -0.2) is 34.7 Å². The highest BCUT2D eigenvalue weighted by Gasteiger charge is 2.22. The molecule has 0 aliphatic carbocycles. The molecule has 0 saturated carbocycles. The summed E-state index contributed by atoms with van der Waals surface area (Å²) < 4.78 is 31.6. The minimum absolute atomic E-state index is 0.0533. The van der Waals surface area contributed by atoms with Crippen molar-refractivity contribution in [1.29, 1.82) is 0 Å². The van der Waals surface area contributed by atoms with Crippen LogP contribution < -0.4 is 10.0 Å². The van der Waals surface area contributed by atoms with Crippen molar-refractivity contribution in [2.45, 2.75) is 24.2 Å². The first-order valence-corrected chi connectivity index (χ1v) is 10.3. The van der Waals surface area contributed by atoms with Gasteiger partial charge in [0.15, 0.2) is 0 Å². The van der Waals surface area contributed by atoms with Gasteiger partial charge >= 0.3 is 0 Å². The molecule has 10 nitrogen and oxygen atoms in total. The number of carbonyl (C=O) groups excluding carboxylic acids is 1. The van der Waals surface area contributed by atoms with Crippen molar-refractivity contribution >= 4 is 44.0 Å². The predicted molar refractivity (Wildman–Crippen MR) is 97.6 cm³/mol. The Morgan fingerprint density at radius 1 is 1.30 bits per heavy atom. The monoisotopic (exact) mass is 428 g/mol. The first-order valence-electron chi connectivity index (χ1n) is 7.59. The summed E-state index contributed by atoms with van der Waals surface area (Å²) in [5.41, 5.74) is 0.567. The van der Waals surface area contributed by atoms with Gasteiger partial charge in [-0.1, -0.05) is 47.2 Å². The summed E-state index contributed by atoms with van der Waals surface area (Å²) in [4.78, 5) is 15.4. The maximum atomic E-state index is 12.3. The molecule has 2 N–H and O–H groups in total. The Morgan fingerprint density at radius 2 is 2.07 bits per heavy atom. The lowest BCUT2D eigenvalue weighted by atomic mass is 10.2. The van der Waals surface area contributed by atoms with Gasteiger partial charge in [0.2, 0.25) is 27.1 Å². The minimum atomic E-state index is -3.95. The van der Waals surface area contributed by atoms with E-state index in [1.165, 1.54) is 0 Å². The van der Waals surface area contributed by atoms with Crippen molar-refractivity contribution in [2.24, 2.45) is 0 Å². The SMILES string of the molecule is CCC(=O)Nc1nnc(S(=O)(=O)NCc2nc(-c3ccccc3Cl)no2)s1. The van der Waals surface area contributed by atoms with Gasteiger partial charge in [-0.2, -0.15) is 9.71 Å². The Labute approximate surface area is 163 Å². The molecular weight excluding hydrogens is 416 g/mol. The number of carbonyl (C=O) groups is 1. The summed E-state index contributed by atoms with van der Waals surface area (Å²) in [5, 5.41) is 14.0. The number of benzene rings is 1. The van der Waals surface area contributed by atoms with E-state index in [4.69, 9.17) is 16.1 Å². The first kappa shape index (κ1) is 19.4. The molecule has 0 bridgehead atoms. The van der Waals surface area contributed by atoms with Crippen LogP contribution >= 0.6 is 22.9 Å². The molecule has 0 saturated heterocycles. The van der Waals surface area contributed by atoms with Crippen molar-refractivity contribution in [3.05, 3.63) is 35.2 Å². The molecule has 1 amide bonds. The summed E-state index contributed by atoms with van der Waals surface area (Å²) in [6.07, 6.45) is 0.241. The van der Waals surface area contributed by atoms with Crippen LogP contribution in [0.5, 0.6) is 0 Å². The third-order valence-corrected chi connectivity index (χ3v) is 6.14. The van der Waals surface area contributed by atoms with E-state index < -0.39 is 10.0 Å². The Balaban J connectivity index is 1.68. The van der Waals surface area contributed by atoms with Gasteiger partial charge in [0, 0.05) is 12.0 Å². The highest BCUT2D eigenvalue weighted by Crippen LogP contribution is 2.25. The third-order valence-electron chi connectivity index (χ3n) is 3.20. The second kappa shape index (κ2) is 8.08. The van der Waals surface area contributed by atoms with E-state index in [0.717, 1.165) is 11.3 Å². The van der Waals surface area contributed by atoms with Crippen molar-refractivity contribution in [2.75, 3.05) is 5.32 Å². The van der Waals surface area contributed by atoms with E-state index in [0.29, 0.717) is 10.6 Å². The molecule has 0 fully saturated rings. The fourth-order valence-electron chi connectivity index (χ4n) is 1.87. The molecule has 0 spiro atoms. The minimum Gasteiger partial charge on any atom is -0.338 e. The van der Waals surface area contributed by atoms with Crippen LogP contribution in [0.25, 0.3) is 11.4 Å². The fraction of sp³-hybridized carbons (Fsp3) is 0.214. The highest BCUT2D eigenvalue weighted by molar-refractivity contribution is 7.91. The van der Waals surface area contributed by atoms with Crippen LogP contribution in [0.1, 0.15) is 19.2 Å². The smallest absolute Gasteiger partial charge is 0.270 e. The molecule has 0 radical (unpaired) electrons.